The summed E-state index contributed by atoms with van der Waals surface area (Å²) in [5.41, 5.74) is 11.3. The molecule has 2 aromatic heterocycles. The lowest BCUT2D eigenvalue weighted by Gasteiger charge is -2.13. The van der Waals surface area contributed by atoms with Gasteiger partial charge in [0.05, 0.1) is 6.20 Å². The van der Waals surface area contributed by atoms with Gasteiger partial charge in [0.15, 0.2) is 5.65 Å². The quantitative estimate of drug-likeness (QED) is 0.571. The Morgan fingerprint density at radius 2 is 1.77 bits per heavy atom. The summed E-state index contributed by atoms with van der Waals surface area (Å²) in [6, 6.07) is 13.6. The number of aromatic nitrogens is 4. The van der Waals surface area contributed by atoms with Crippen molar-refractivity contribution in [2.24, 2.45) is 5.73 Å². The summed E-state index contributed by atoms with van der Waals surface area (Å²) in [6.07, 6.45) is 4.10. The van der Waals surface area contributed by atoms with Crippen LogP contribution in [0.3, 0.4) is 0 Å². The second-order valence-electron chi connectivity index (χ2n) is 5.88. The minimum atomic E-state index is 0.532. The topological polar surface area (TPSA) is 69.1 Å². The SMILES string of the molecule is NCCc1cc(-c2c(-c3ccc(Cl)cc3)cnn3cnnc23)ccc1Cl. The average molecular weight is 384 g/mol. The molecule has 0 aliphatic carbocycles. The van der Waals surface area contributed by atoms with Crippen molar-refractivity contribution in [3.8, 4) is 22.3 Å². The molecule has 4 aromatic rings. The van der Waals surface area contributed by atoms with Gasteiger partial charge >= 0.3 is 0 Å². The van der Waals surface area contributed by atoms with E-state index in [1.807, 2.05) is 42.6 Å². The molecule has 0 spiro atoms. The molecule has 0 bridgehead atoms. The molecule has 0 aliphatic heterocycles. The van der Waals surface area contributed by atoms with Gasteiger partial charge in [0.2, 0.25) is 0 Å². The molecule has 2 N–H and O–H groups in total. The molecule has 0 atom stereocenters. The predicted octanol–water partition coefficient (Wildman–Crippen LogP) is 4.27. The Morgan fingerprint density at radius 3 is 2.54 bits per heavy atom. The third kappa shape index (κ3) is 3.05. The number of benzene rings is 2. The summed E-state index contributed by atoms with van der Waals surface area (Å²) < 4.78 is 1.66. The summed E-state index contributed by atoms with van der Waals surface area (Å²) >= 11 is 12.4. The average Bonchev–Trinajstić information content (AvgIpc) is 3.12. The van der Waals surface area contributed by atoms with Crippen LogP contribution in [-0.2, 0) is 6.42 Å². The summed E-state index contributed by atoms with van der Waals surface area (Å²) in [6.45, 7) is 0.532. The van der Waals surface area contributed by atoms with Crippen LogP contribution in [0.1, 0.15) is 5.56 Å². The second kappa shape index (κ2) is 7.03. The van der Waals surface area contributed by atoms with E-state index in [0.717, 1.165) is 27.8 Å². The molecule has 7 heteroatoms. The smallest absolute Gasteiger partial charge is 0.185 e. The van der Waals surface area contributed by atoms with Crippen LogP contribution >= 0.6 is 23.2 Å². The van der Waals surface area contributed by atoms with Crippen molar-refractivity contribution in [3.05, 3.63) is 70.6 Å². The first-order valence-electron chi connectivity index (χ1n) is 8.11. The summed E-state index contributed by atoms with van der Waals surface area (Å²) in [4.78, 5) is 0. The Balaban J connectivity index is 1.98. The molecule has 4 rings (SSSR count). The van der Waals surface area contributed by atoms with Crippen molar-refractivity contribution in [2.45, 2.75) is 6.42 Å². The molecular weight excluding hydrogens is 369 g/mol. The summed E-state index contributed by atoms with van der Waals surface area (Å²) in [7, 11) is 0. The van der Waals surface area contributed by atoms with Gasteiger partial charge in [-0.3, -0.25) is 0 Å². The lowest BCUT2D eigenvalue weighted by atomic mass is 9.95. The van der Waals surface area contributed by atoms with E-state index in [4.69, 9.17) is 28.9 Å². The van der Waals surface area contributed by atoms with E-state index in [-0.39, 0.29) is 0 Å². The third-order valence-electron chi connectivity index (χ3n) is 4.24. The van der Waals surface area contributed by atoms with E-state index in [0.29, 0.717) is 28.7 Å². The van der Waals surface area contributed by atoms with Gasteiger partial charge in [-0.2, -0.15) is 9.61 Å². The molecule has 0 aliphatic rings. The van der Waals surface area contributed by atoms with Crippen LogP contribution in [-0.4, -0.2) is 26.4 Å². The van der Waals surface area contributed by atoms with Crippen molar-refractivity contribution in [1.82, 2.24) is 19.8 Å². The monoisotopic (exact) mass is 383 g/mol. The number of nitrogens with two attached hydrogens (primary N) is 1. The molecule has 130 valence electrons. The number of hydrogen-bond donors (Lipinski definition) is 1. The number of nitrogens with zero attached hydrogens (tertiary/aromatic N) is 4. The predicted molar refractivity (Wildman–Crippen MR) is 104 cm³/mol. The Morgan fingerprint density at radius 1 is 1.00 bits per heavy atom. The van der Waals surface area contributed by atoms with Gasteiger partial charge in [0.25, 0.3) is 0 Å². The molecule has 0 unspecified atom stereocenters. The van der Waals surface area contributed by atoms with Crippen LogP contribution < -0.4 is 5.73 Å². The number of halogens is 2. The molecule has 26 heavy (non-hydrogen) atoms. The van der Waals surface area contributed by atoms with E-state index < -0.39 is 0 Å². The van der Waals surface area contributed by atoms with Gasteiger partial charge in [0.1, 0.15) is 6.33 Å². The van der Waals surface area contributed by atoms with Crippen molar-refractivity contribution >= 4 is 28.8 Å². The minimum Gasteiger partial charge on any atom is -0.330 e. The first kappa shape index (κ1) is 17.0. The molecule has 0 radical (unpaired) electrons. The fraction of sp³-hybridized carbons (Fsp3) is 0.105. The Labute approximate surface area is 160 Å². The highest BCUT2D eigenvalue weighted by atomic mass is 35.5. The molecule has 2 heterocycles. The number of rotatable bonds is 4. The first-order chi connectivity index (χ1) is 12.7. The minimum absolute atomic E-state index is 0.532. The van der Waals surface area contributed by atoms with E-state index in [2.05, 4.69) is 21.4 Å². The Bertz CT molecular complexity index is 1070. The van der Waals surface area contributed by atoms with Crippen LogP contribution in [0.5, 0.6) is 0 Å². The molecule has 0 amide bonds. The van der Waals surface area contributed by atoms with E-state index >= 15 is 0 Å². The maximum absolute atomic E-state index is 6.32. The number of fused-ring (bicyclic) bond motifs is 1. The van der Waals surface area contributed by atoms with Crippen LogP contribution in [0.2, 0.25) is 10.0 Å². The first-order valence-corrected chi connectivity index (χ1v) is 8.87. The van der Waals surface area contributed by atoms with Crippen LogP contribution in [0, 0.1) is 0 Å². The molecule has 5 nitrogen and oxygen atoms in total. The zero-order valence-corrected chi connectivity index (χ0v) is 15.2. The molecule has 0 saturated carbocycles. The van der Waals surface area contributed by atoms with Crippen LogP contribution in [0.25, 0.3) is 27.9 Å². The molecular formula is C19H15Cl2N5. The van der Waals surface area contributed by atoms with Gasteiger partial charge in [-0.25, -0.2) is 0 Å². The van der Waals surface area contributed by atoms with Crippen molar-refractivity contribution < 1.29 is 0 Å². The maximum Gasteiger partial charge on any atom is 0.185 e. The largest absolute Gasteiger partial charge is 0.330 e. The molecule has 0 saturated heterocycles. The Hall–Kier alpha value is -2.47. The highest BCUT2D eigenvalue weighted by molar-refractivity contribution is 6.31. The van der Waals surface area contributed by atoms with E-state index in [1.165, 1.54) is 0 Å². The maximum atomic E-state index is 6.32. The van der Waals surface area contributed by atoms with Crippen LogP contribution in [0.4, 0.5) is 0 Å². The van der Waals surface area contributed by atoms with E-state index in [1.54, 1.807) is 10.8 Å². The second-order valence-corrected chi connectivity index (χ2v) is 6.73. The fourth-order valence-electron chi connectivity index (χ4n) is 2.99. The third-order valence-corrected chi connectivity index (χ3v) is 4.86. The van der Waals surface area contributed by atoms with E-state index in [9.17, 15) is 0 Å². The standard InChI is InChI=1S/C19H15Cl2N5/c20-15-4-1-12(2-5-15)16-10-24-26-11-23-25-19(26)18(16)14-3-6-17(21)13(9-14)7-8-22/h1-6,9-11H,7-8,22H2. The lowest BCUT2D eigenvalue weighted by Crippen LogP contribution is -2.03. The van der Waals surface area contributed by atoms with Gasteiger partial charge in [-0.1, -0.05) is 41.4 Å². The summed E-state index contributed by atoms with van der Waals surface area (Å²) in [5.74, 6) is 0. The highest BCUT2D eigenvalue weighted by Gasteiger charge is 2.16. The summed E-state index contributed by atoms with van der Waals surface area (Å²) in [5, 5.41) is 14.1. The fourth-order valence-corrected chi connectivity index (χ4v) is 3.33. The Kier molecular flexibility index (Phi) is 4.59. The number of hydrogen-bond acceptors (Lipinski definition) is 4. The van der Waals surface area contributed by atoms with Gasteiger partial charge in [-0.15, -0.1) is 10.2 Å². The normalized spacial score (nSPS) is 11.2. The van der Waals surface area contributed by atoms with Crippen molar-refractivity contribution in [2.75, 3.05) is 6.54 Å². The molecule has 0 fully saturated rings. The van der Waals surface area contributed by atoms with Gasteiger partial charge < -0.3 is 5.73 Å². The molecule has 2 aromatic carbocycles. The zero-order valence-electron chi connectivity index (χ0n) is 13.7. The van der Waals surface area contributed by atoms with Gasteiger partial charge in [-0.05, 0) is 53.9 Å². The van der Waals surface area contributed by atoms with Gasteiger partial charge in [0, 0.05) is 21.2 Å². The van der Waals surface area contributed by atoms with Crippen molar-refractivity contribution in [3.63, 3.8) is 0 Å². The highest BCUT2D eigenvalue weighted by Crippen LogP contribution is 2.36. The van der Waals surface area contributed by atoms with Crippen LogP contribution in [0.15, 0.2) is 55.0 Å². The van der Waals surface area contributed by atoms with Crippen molar-refractivity contribution in [1.29, 1.82) is 0 Å². The zero-order chi connectivity index (χ0) is 18.1. The lowest BCUT2D eigenvalue weighted by molar-refractivity contribution is 0.928.